The lowest BCUT2D eigenvalue weighted by atomic mass is 10.0. The Labute approximate surface area is 188 Å². The topological polar surface area (TPSA) is 144 Å². The molecule has 3 aromatic heterocycles. The van der Waals surface area contributed by atoms with Crippen molar-refractivity contribution in [3.05, 3.63) is 59.7 Å². The normalized spacial score (nSPS) is 14.2. The second-order valence-electron chi connectivity index (χ2n) is 8.11. The number of hydrogen-bond acceptors (Lipinski definition) is 7. The number of carboxylic acids is 1. The van der Waals surface area contributed by atoms with Crippen LogP contribution < -0.4 is 10.5 Å². The fraction of sp³-hybridized carbons (Fsp3) is 0.261. The molecule has 5 rings (SSSR count). The molecule has 0 aliphatic heterocycles. The first kappa shape index (κ1) is 20.7. The van der Waals surface area contributed by atoms with Crippen molar-refractivity contribution in [2.75, 3.05) is 0 Å². The van der Waals surface area contributed by atoms with Crippen LogP contribution in [0.3, 0.4) is 0 Å². The summed E-state index contributed by atoms with van der Waals surface area (Å²) in [6, 6.07) is 11.9. The lowest BCUT2D eigenvalue weighted by molar-refractivity contribution is -0.138. The Morgan fingerprint density at radius 2 is 2.12 bits per heavy atom. The van der Waals surface area contributed by atoms with Gasteiger partial charge in [0.1, 0.15) is 17.6 Å². The summed E-state index contributed by atoms with van der Waals surface area (Å²) in [6.07, 6.45) is 4.06. The molecule has 0 saturated heterocycles. The molecule has 1 aromatic carbocycles. The average molecular weight is 443 g/mol. The Balaban J connectivity index is 1.57. The number of aliphatic carboxylic acids is 1. The quantitative estimate of drug-likeness (QED) is 0.443. The first-order valence-electron chi connectivity index (χ1n) is 10.5. The fourth-order valence-corrected chi connectivity index (χ4v) is 3.75. The van der Waals surface area contributed by atoms with E-state index >= 15 is 0 Å². The SMILES string of the molecule is Cn1nc(C2CC2)cc1Oc1cc(C#N)ccc1-c1cccn2c(CC(N)C(=O)O)nnc12. The summed E-state index contributed by atoms with van der Waals surface area (Å²) in [6.45, 7) is 0. The Hall–Kier alpha value is -4.23. The summed E-state index contributed by atoms with van der Waals surface area (Å²) >= 11 is 0. The minimum atomic E-state index is -1.10. The monoisotopic (exact) mass is 443 g/mol. The smallest absolute Gasteiger partial charge is 0.320 e. The van der Waals surface area contributed by atoms with Gasteiger partial charge in [0, 0.05) is 42.8 Å². The summed E-state index contributed by atoms with van der Waals surface area (Å²) in [4.78, 5) is 11.2. The van der Waals surface area contributed by atoms with E-state index in [0.717, 1.165) is 29.7 Å². The van der Waals surface area contributed by atoms with E-state index in [2.05, 4.69) is 21.4 Å². The molecular weight excluding hydrogens is 422 g/mol. The summed E-state index contributed by atoms with van der Waals surface area (Å²) in [5.41, 5.74) is 9.13. The number of nitriles is 1. The van der Waals surface area contributed by atoms with Crippen LogP contribution in [0.25, 0.3) is 16.8 Å². The third kappa shape index (κ3) is 3.90. The predicted molar refractivity (Wildman–Crippen MR) is 118 cm³/mol. The van der Waals surface area contributed by atoms with Gasteiger partial charge in [0.2, 0.25) is 5.88 Å². The molecule has 33 heavy (non-hydrogen) atoms. The number of ether oxygens (including phenoxy) is 1. The van der Waals surface area contributed by atoms with Crippen LogP contribution in [0.15, 0.2) is 42.6 Å². The average Bonchev–Trinajstić information content (AvgIpc) is 3.49. The molecule has 1 aliphatic rings. The first-order valence-corrected chi connectivity index (χ1v) is 10.5. The zero-order valence-corrected chi connectivity index (χ0v) is 17.8. The van der Waals surface area contributed by atoms with Crippen LogP contribution >= 0.6 is 0 Å². The number of rotatable bonds is 7. The van der Waals surface area contributed by atoms with Gasteiger partial charge in [-0.2, -0.15) is 10.4 Å². The van der Waals surface area contributed by atoms with Crippen LogP contribution in [0.5, 0.6) is 11.6 Å². The molecular formula is C23H21N7O3. The molecule has 3 N–H and O–H groups in total. The molecule has 1 unspecified atom stereocenters. The molecule has 0 spiro atoms. The van der Waals surface area contributed by atoms with Crippen molar-refractivity contribution in [1.82, 2.24) is 24.4 Å². The summed E-state index contributed by atoms with van der Waals surface area (Å²) in [5, 5.41) is 31.5. The van der Waals surface area contributed by atoms with E-state index in [4.69, 9.17) is 15.6 Å². The maximum absolute atomic E-state index is 11.2. The van der Waals surface area contributed by atoms with E-state index < -0.39 is 12.0 Å². The number of fused-ring (bicyclic) bond motifs is 1. The van der Waals surface area contributed by atoms with Gasteiger partial charge >= 0.3 is 5.97 Å². The molecule has 10 heteroatoms. The maximum Gasteiger partial charge on any atom is 0.320 e. The number of benzene rings is 1. The number of nitrogens with two attached hydrogens (primary N) is 1. The molecule has 1 atom stereocenters. The molecule has 4 aromatic rings. The van der Waals surface area contributed by atoms with E-state index in [1.165, 1.54) is 0 Å². The van der Waals surface area contributed by atoms with E-state index in [0.29, 0.717) is 34.6 Å². The van der Waals surface area contributed by atoms with Gasteiger partial charge in [-0.1, -0.05) is 0 Å². The molecule has 1 saturated carbocycles. The zero-order chi connectivity index (χ0) is 23.1. The van der Waals surface area contributed by atoms with Crippen molar-refractivity contribution in [3.8, 4) is 28.8 Å². The van der Waals surface area contributed by atoms with Crippen molar-refractivity contribution in [2.24, 2.45) is 12.8 Å². The van der Waals surface area contributed by atoms with Crippen LogP contribution in [-0.2, 0) is 18.3 Å². The van der Waals surface area contributed by atoms with Crippen molar-refractivity contribution in [2.45, 2.75) is 31.2 Å². The molecule has 0 radical (unpaired) electrons. The van der Waals surface area contributed by atoms with Crippen LogP contribution in [0.4, 0.5) is 0 Å². The van der Waals surface area contributed by atoms with Gasteiger partial charge in [-0.3, -0.25) is 9.20 Å². The molecule has 166 valence electrons. The van der Waals surface area contributed by atoms with Gasteiger partial charge in [0.25, 0.3) is 0 Å². The second-order valence-corrected chi connectivity index (χ2v) is 8.11. The minimum Gasteiger partial charge on any atom is -0.480 e. The zero-order valence-electron chi connectivity index (χ0n) is 17.8. The number of aryl methyl sites for hydroxylation is 1. The van der Waals surface area contributed by atoms with Crippen LogP contribution in [0, 0.1) is 11.3 Å². The van der Waals surface area contributed by atoms with Crippen molar-refractivity contribution in [3.63, 3.8) is 0 Å². The minimum absolute atomic E-state index is 0.0373. The van der Waals surface area contributed by atoms with E-state index in [1.807, 2.05) is 25.2 Å². The van der Waals surface area contributed by atoms with Gasteiger partial charge in [-0.05, 0) is 43.2 Å². The van der Waals surface area contributed by atoms with Crippen molar-refractivity contribution < 1.29 is 14.6 Å². The molecule has 3 heterocycles. The standard InChI is InChI=1S/C23H21N7O3/c1-29-21(11-18(28-29)14-5-6-14)33-19-9-13(12-24)4-7-15(19)16-3-2-8-30-20(26-27-22(16)30)10-17(25)23(31)32/h2-4,7-9,11,14,17H,5-6,10,25H2,1H3,(H,31,32). The van der Waals surface area contributed by atoms with Gasteiger partial charge in [-0.25, -0.2) is 4.68 Å². The van der Waals surface area contributed by atoms with E-state index in [1.54, 1.807) is 33.5 Å². The van der Waals surface area contributed by atoms with Gasteiger partial charge in [0.15, 0.2) is 5.65 Å². The Morgan fingerprint density at radius 3 is 2.85 bits per heavy atom. The lowest BCUT2D eigenvalue weighted by Gasteiger charge is -2.12. The Kier molecular flexibility index (Phi) is 5.03. The second kappa shape index (κ2) is 8.03. The lowest BCUT2D eigenvalue weighted by Crippen LogP contribution is -2.32. The maximum atomic E-state index is 11.2. The number of carbonyl (C=O) groups is 1. The van der Waals surface area contributed by atoms with E-state index in [9.17, 15) is 10.1 Å². The summed E-state index contributed by atoms with van der Waals surface area (Å²) < 4.78 is 9.65. The van der Waals surface area contributed by atoms with Crippen LogP contribution in [0.1, 0.15) is 35.8 Å². The summed E-state index contributed by atoms with van der Waals surface area (Å²) in [7, 11) is 1.83. The number of nitrogens with zero attached hydrogens (tertiary/aromatic N) is 6. The van der Waals surface area contributed by atoms with Crippen LogP contribution in [-0.4, -0.2) is 41.5 Å². The number of carboxylic acid groups (broad SMARTS) is 1. The third-order valence-corrected chi connectivity index (χ3v) is 5.69. The molecule has 0 amide bonds. The largest absolute Gasteiger partial charge is 0.480 e. The highest BCUT2D eigenvalue weighted by Gasteiger charge is 2.27. The van der Waals surface area contributed by atoms with Crippen molar-refractivity contribution >= 4 is 11.6 Å². The number of aromatic nitrogens is 5. The highest BCUT2D eigenvalue weighted by molar-refractivity contribution is 5.82. The molecule has 0 bridgehead atoms. The summed E-state index contributed by atoms with van der Waals surface area (Å²) in [5.74, 6) is 0.888. The van der Waals surface area contributed by atoms with Crippen molar-refractivity contribution in [1.29, 1.82) is 5.26 Å². The number of pyridine rings is 1. The fourth-order valence-electron chi connectivity index (χ4n) is 3.75. The molecule has 1 fully saturated rings. The first-order chi connectivity index (χ1) is 15.9. The van der Waals surface area contributed by atoms with Gasteiger partial charge in [-0.15, -0.1) is 10.2 Å². The van der Waals surface area contributed by atoms with Crippen LogP contribution in [0.2, 0.25) is 0 Å². The highest BCUT2D eigenvalue weighted by atomic mass is 16.5. The Bertz CT molecular complexity index is 1410. The van der Waals surface area contributed by atoms with Gasteiger partial charge < -0.3 is 15.6 Å². The third-order valence-electron chi connectivity index (χ3n) is 5.69. The molecule has 10 nitrogen and oxygen atoms in total. The predicted octanol–water partition coefficient (Wildman–Crippen LogP) is 2.63. The van der Waals surface area contributed by atoms with E-state index in [-0.39, 0.29) is 6.42 Å². The van der Waals surface area contributed by atoms with Gasteiger partial charge in [0.05, 0.1) is 17.3 Å². The molecule has 1 aliphatic carbocycles. The Morgan fingerprint density at radius 1 is 1.30 bits per heavy atom. The highest BCUT2D eigenvalue weighted by Crippen LogP contribution is 2.42. The number of hydrogen-bond donors (Lipinski definition) is 2.